The number of azide groups is 1. The van der Waals surface area contributed by atoms with E-state index in [4.69, 9.17) is 16.0 Å². The van der Waals surface area contributed by atoms with Crippen molar-refractivity contribution in [3.8, 4) is 5.75 Å². The molecule has 0 spiro atoms. The molecule has 0 bridgehead atoms. The number of carbonyl (C=O) groups excluding carboxylic acids is 2. The molecule has 0 aliphatic heterocycles. The molecule has 2 amide bonds. The Kier molecular flexibility index (Phi) is 9.74. The van der Waals surface area contributed by atoms with Crippen LogP contribution in [-0.2, 0) is 11.2 Å². The molecule has 2 rings (SSSR count). The molecule has 0 unspecified atom stereocenters. The van der Waals surface area contributed by atoms with E-state index in [9.17, 15) is 9.59 Å². The van der Waals surface area contributed by atoms with Crippen LogP contribution in [0.25, 0.3) is 10.4 Å². The monoisotopic (exact) mass is 402 g/mol. The molecule has 146 valence electrons. The highest BCUT2D eigenvalue weighted by Crippen LogP contribution is 2.15. The van der Waals surface area contributed by atoms with Gasteiger partial charge in [0, 0.05) is 17.0 Å². The third-order valence-electron chi connectivity index (χ3n) is 3.44. The second-order valence-electron chi connectivity index (χ2n) is 5.48. The number of benzene rings is 2. The summed E-state index contributed by atoms with van der Waals surface area (Å²) < 4.78 is 5.50. The average molecular weight is 403 g/mol. The number of nitrogens with two attached hydrogens (primary N) is 1. The van der Waals surface area contributed by atoms with E-state index in [0.29, 0.717) is 36.6 Å². The van der Waals surface area contributed by atoms with Crippen molar-refractivity contribution in [2.45, 2.75) is 12.8 Å². The number of hydrogen-bond donors (Lipinski definition) is 1. The van der Waals surface area contributed by atoms with Gasteiger partial charge in [0.2, 0.25) is 5.91 Å². The summed E-state index contributed by atoms with van der Waals surface area (Å²) in [5.74, 6) is -0.252. The predicted molar refractivity (Wildman–Crippen MR) is 106 cm³/mol. The molecule has 10 heteroatoms. The molecule has 0 saturated heterocycles. The summed E-state index contributed by atoms with van der Waals surface area (Å²) in [5, 5.41) is 10.9. The van der Waals surface area contributed by atoms with E-state index >= 15 is 0 Å². The van der Waals surface area contributed by atoms with Crippen molar-refractivity contribution >= 4 is 29.9 Å². The number of rotatable bonds is 9. The number of hydrogen-bond acceptors (Lipinski definition) is 5. The van der Waals surface area contributed by atoms with E-state index in [-0.39, 0.29) is 18.8 Å². The average Bonchev–Trinajstić information content (AvgIpc) is 2.68. The zero-order valence-corrected chi connectivity index (χ0v) is 15.7. The molecule has 0 heterocycles. The van der Waals surface area contributed by atoms with Crippen LogP contribution in [0.4, 0.5) is 5.69 Å². The lowest BCUT2D eigenvalue weighted by molar-refractivity contribution is -0.117. The molecule has 0 atom stereocenters. The molecule has 0 aliphatic rings. The highest BCUT2D eigenvalue weighted by atomic mass is 35.5. The van der Waals surface area contributed by atoms with Crippen LogP contribution >= 0.6 is 12.4 Å². The van der Waals surface area contributed by atoms with Gasteiger partial charge in [-0.25, -0.2) is 0 Å². The van der Waals surface area contributed by atoms with Gasteiger partial charge < -0.3 is 10.5 Å². The summed E-state index contributed by atoms with van der Waals surface area (Å²) in [6, 6.07) is 13.2. The lowest BCUT2D eigenvalue weighted by Crippen LogP contribution is -2.10. The van der Waals surface area contributed by atoms with E-state index in [1.165, 1.54) is 12.1 Å². The zero-order chi connectivity index (χ0) is 19.5. The van der Waals surface area contributed by atoms with Crippen molar-refractivity contribution in [3.63, 3.8) is 0 Å². The van der Waals surface area contributed by atoms with Crippen LogP contribution < -0.4 is 10.5 Å². The van der Waals surface area contributed by atoms with Crippen LogP contribution in [-0.4, -0.2) is 25.0 Å². The second-order valence-corrected chi connectivity index (χ2v) is 5.48. The van der Waals surface area contributed by atoms with Gasteiger partial charge in [0.15, 0.2) is 0 Å². The van der Waals surface area contributed by atoms with E-state index in [1.807, 2.05) is 0 Å². The summed E-state index contributed by atoms with van der Waals surface area (Å²) in [7, 11) is 0. The van der Waals surface area contributed by atoms with Crippen molar-refractivity contribution in [1.82, 2.24) is 0 Å². The SMILES string of the molecule is Cl.[N-]=[N+]=NCCCOc1ccc(CC(=O)N=Nc2ccc(C(N)=O)cc2)cc1. The minimum absolute atomic E-state index is 0. The van der Waals surface area contributed by atoms with Gasteiger partial charge >= 0.3 is 0 Å². The minimum atomic E-state index is -0.530. The molecular formula is C18H19ClN6O3. The Hall–Kier alpha value is -3.42. The van der Waals surface area contributed by atoms with Gasteiger partial charge in [-0.05, 0) is 53.9 Å². The number of carbonyl (C=O) groups is 2. The Morgan fingerprint density at radius 1 is 1.07 bits per heavy atom. The lowest BCUT2D eigenvalue weighted by atomic mass is 10.1. The first-order valence-corrected chi connectivity index (χ1v) is 8.15. The Labute approximate surface area is 167 Å². The van der Waals surface area contributed by atoms with Crippen LogP contribution in [0, 0.1) is 0 Å². The van der Waals surface area contributed by atoms with Crippen molar-refractivity contribution in [2.75, 3.05) is 13.2 Å². The summed E-state index contributed by atoms with van der Waals surface area (Å²) in [6.45, 7) is 0.833. The number of primary amides is 1. The van der Waals surface area contributed by atoms with Gasteiger partial charge in [0.25, 0.3) is 5.91 Å². The molecule has 0 fully saturated rings. The maximum Gasteiger partial charge on any atom is 0.269 e. The number of nitrogens with zero attached hydrogens (tertiary/aromatic N) is 5. The van der Waals surface area contributed by atoms with Gasteiger partial charge in [0.1, 0.15) is 5.75 Å². The van der Waals surface area contributed by atoms with Gasteiger partial charge in [-0.3, -0.25) is 9.59 Å². The maximum atomic E-state index is 11.9. The molecular weight excluding hydrogens is 384 g/mol. The standard InChI is InChI=1S/C18H18N6O3.ClH/c19-18(26)14-4-6-15(7-5-14)22-23-17(25)12-13-2-8-16(9-3-13)27-11-1-10-21-24-20;/h2-9H,1,10-12H2,(H2,19,26);1H. The normalized spacial score (nSPS) is 10.0. The summed E-state index contributed by atoms with van der Waals surface area (Å²) in [5.41, 5.74) is 14.9. The topological polar surface area (TPSA) is 143 Å². The third kappa shape index (κ3) is 7.86. The molecule has 9 nitrogen and oxygen atoms in total. The third-order valence-corrected chi connectivity index (χ3v) is 3.44. The fourth-order valence-electron chi connectivity index (χ4n) is 2.09. The van der Waals surface area contributed by atoms with E-state index < -0.39 is 11.8 Å². The van der Waals surface area contributed by atoms with Crippen molar-refractivity contribution in [2.24, 2.45) is 21.1 Å². The number of amides is 2. The van der Waals surface area contributed by atoms with Crippen molar-refractivity contribution in [1.29, 1.82) is 0 Å². The van der Waals surface area contributed by atoms with Crippen LogP contribution in [0.15, 0.2) is 63.9 Å². The summed E-state index contributed by atoms with van der Waals surface area (Å²) >= 11 is 0. The molecule has 0 aliphatic carbocycles. The maximum absolute atomic E-state index is 11.9. The van der Waals surface area contributed by atoms with Crippen LogP contribution in [0.1, 0.15) is 22.3 Å². The van der Waals surface area contributed by atoms with Gasteiger partial charge in [-0.1, -0.05) is 17.2 Å². The lowest BCUT2D eigenvalue weighted by Gasteiger charge is -2.05. The zero-order valence-electron chi connectivity index (χ0n) is 14.9. The summed E-state index contributed by atoms with van der Waals surface area (Å²) in [4.78, 5) is 25.6. The highest BCUT2D eigenvalue weighted by Gasteiger charge is 2.04. The van der Waals surface area contributed by atoms with E-state index in [2.05, 4.69) is 20.3 Å². The van der Waals surface area contributed by atoms with E-state index in [0.717, 1.165) is 5.56 Å². The first kappa shape index (κ1) is 22.6. The first-order valence-electron chi connectivity index (χ1n) is 8.15. The number of azo groups is 1. The summed E-state index contributed by atoms with van der Waals surface area (Å²) in [6.07, 6.45) is 0.741. The van der Waals surface area contributed by atoms with Crippen molar-refractivity contribution in [3.05, 3.63) is 70.1 Å². The molecule has 0 radical (unpaired) electrons. The predicted octanol–water partition coefficient (Wildman–Crippen LogP) is 4.14. The Bertz CT molecular complexity index is 862. The van der Waals surface area contributed by atoms with Gasteiger partial charge in [0.05, 0.1) is 18.7 Å². The Morgan fingerprint density at radius 2 is 1.75 bits per heavy atom. The second kappa shape index (κ2) is 12.1. The molecule has 0 saturated carbocycles. The quantitative estimate of drug-likeness (QED) is 0.291. The van der Waals surface area contributed by atoms with Crippen LogP contribution in [0.5, 0.6) is 5.75 Å². The fraction of sp³-hybridized carbons (Fsp3) is 0.222. The number of ether oxygens (including phenoxy) is 1. The Morgan fingerprint density at radius 3 is 2.36 bits per heavy atom. The minimum Gasteiger partial charge on any atom is -0.494 e. The number of halogens is 1. The van der Waals surface area contributed by atoms with Gasteiger partial charge in [-0.15, -0.1) is 22.6 Å². The largest absolute Gasteiger partial charge is 0.494 e. The molecule has 2 N–H and O–H groups in total. The van der Waals surface area contributed by atoms with Gasteiger partial charge in [-0.2, -0.15) is 0 Å². The molecule has 0 aromatic heterocycles. The Balaban J connectivity index is 0.00000392. The van der Waals surface area contributed by atoms with Crippen molar-refractivity contribution < 1.29 is 14.3 Å². The van der Waals surface area contributed by atoms with E-state index in [1.54, 1.807) is 36.4 Å². The first-order chi connectivity index (χ1) is 13.1. The molecule has 28 heavy (non-hydrogen) atoms. The molecule has 2 aromatic carbocycles. The van der Waals surface area contributed by atoms with Crippen LogP contribution in [0.2, 0.25) is 0 Å². The van der Waals surface area contributed by atoms with Crippen LogP contribution in [0.3, 0.4) is 0 Å². The smallest absolute Gasteiger partial charge is 0.269 e. The fourth-order valence-corrected chi connectivity index (χ4v) is 2.09. The highest BCUT2D eigenvalue weighted by molar-refractivity contribution is 5.93. The molecule has 2 aromatic rings.